The van der Waals surface area contributed by atoms with Gasteiger partial charge in [-0.1, -0.05) is 29.3 Å². The van der Waals surface area contributed by atoms with Crippen LogP contribution in [0.15, 0.2) is 47.5 Å². The molecular formula is C20H23N5O. The lowest BCUT2D eigenvalue weighted by Crippen LogP contribution is -2.36. The second-order valence-electron chi connectivity index (χ2n) is 6.93. The van der Waals surface area contributed by atoms with Gasteiger partial charge < -0.3 is 10.3 Å². The van der Waals surface area contributed by atoms with Crippen molar-refractivity contribution in [2.45, 2.75) is 38.6 Å². The van der Waals surface area contributed by atoms with Crippen molar-refractivity contribution in [3.63, 3.8) is 0 Å². The van der Waals surface area contributed by atoms with E-state index >= 15 is 0 Å². The van der Waals surface area contributed by atoms with Crippen molar-refractivity contribution in [2.75, 3.05) is 12.0 Å². The fourth-order valence-corrected chi connectivity index (χ4v) is 3.59. The van der Waals surface area contributed by atoms with Gasteiger partial charge in [0.15, 0.2) is 5.82 Å². The van der Waals surface area contributed by atoms with Gasteiger partial charge in [0.25, 0.3) is 5.91 Å². The molecule has 1 amide bonds. The third kappa shape index (κ3) is 3.60. The van der Waals surface area contributed by atoms with Gasteiger partial charge in [0.1, 0.15) is 0 Å². The van der Waals surface area contributed by atoms with E-state index in [2.05, 4.69) is 15.6 Å². The van der Waals surface area contributed by atoms with E-state index in [1.54, 1.807) is 11.1 Å². The molecule has 2 heterocycles. The van der Waals surface area contributed by atoms with Crippen molar-refractivity contribution in [1.82, 2.24) is 15.1 Å². The molecule has 26 heavy (non-hydrogen) atoms. The molecule has 0 atom stereocenters. The maximum Gasteiger partial charge on any atom is 0.254 e. The number of carbonyl (C=O) groups excluding carboxylic acids is 1. The van der Waals surface area contributed by atoms with Gasteiger partial charge in [0.05, 0.1) is 5.69 Å². The van der Waals surface area contributed by atoms with E-state index in [0.717, 1.165) is 11.3 Å². The highest BCUT2D eigenvalue weighted by Crippen LogP contribution is 2.44. The Bertz CT molecular complexity index is 835. The third-order valence-electron chi connectivity index (χ3n) is 5.15. The molecule has 3 N–H and O–H groups in total. The highest BCUT2D eigenvalue weighted by atomic mass is 16.2. The molecule has 0 unspecified atom stereocenters. The Balaban J connectivity index is 0.000000233. The average Bonchev–Trinajstić information content (AvgIpc) is 3.32. The molecule has 0 spiro atoms. The third-order valence-corrected chi connectivity index (χ3v) is 5.15. The lowest BCUT2D eigenvalue weighted by Gasteiger charge is -2.28. The highest BCUT2D eigenvalue weighted by molar-refractivity contribution is 5.94. The Kier molecular flexibility index (Phi) is 4.67. The first kappa shape index (κ1) is 16.7. The smallest absolute Gasteiger partial charge is 0.254 e. The van der Waals surface area contributed by atoms with Gasteiger partial charge in [0.2, 0.25) is 0 Å². The van der Waals surface area contributed by atoms with Crippen molar-refractivity contribution in [3.8, 4) is 0 Å². The van der Waals surface area contributed by atoms with Gasteiger partial charge in [-0.2, -0.15) is 5.10 Å². The molecule has 1 aliphatic heterocycles. The number of rotatable bonds is 2. The zero-order valence-electron chi connectivity index (χ0n) is 14.7. The van der Waals surface area contributed by atoms with E-state index in [4.69, 9.17) is 5.84 Å². The van der Waals surface area contributed by atoms with Crippen molar-refractivity contribution in [1.29, 1.82) is 0 Å². The molecule has 0 saturated heterocycles. The number of hydrogen-bond acceptors (Lipinski definition) is 5. The van der Waals surface area contributed by atoms with Crippen molar-refractivity contribution >= 4 is 11.7 Å². The predicted molar refractivity (Wildman–Crippen MR) is 100 cm³/mol. The number of amides is 1. The van der Waals surface area contributed by atoms with E-state index in [1.807, 2.05) is 41.3 Å². The quantitative estimate of drug-likeness (QED) is 0.495. The molecular weight excluding hydrogens is 326 g/mol. The van der Waals surface area contributed by atoms with Crippen LogP contribution in [0.3, 0.4) is 0 Å². The number of nitrogens with zero attached hydrogens (tertiary/aromatic N) is 3. The van der Waals surface area contributed by atoms with Crippen molar-refractivity contribution in [3.05, 3.63) is 64.4 Å². The fraction of sp³-hybridized carbons (Fsp3) is 0.350. The van der Waals surface area contributed by atoms with Crippen LogP contribution in [0.1, 0.15) is 47.3 Å². The summed E-state index contributed by atoms with van der Waals surface area (Å²) in [5, 5.41) is 8.08. The number of fused-ring (bicyclic) bond motifs is 1. The number of allylic oxidation sites excluding steroid dienone is 2. The van der Waals surface area contributed by atoms with E-state index in [1.165, 1.54) is 25.7 Å². The first-order valence-electron chi connectivity index (χ1n) is 9.11. The number of nitrogen functional groups attached to an aromatic ring is 1. The van der Waals surface area contributed by atoms with Crippen LogP contribution in [0.5, 0.6) is 0 Å². The number of hydrogen-bond donors (Lipinski definition) is 2. The molecule has 5 rings (SSSR count). The summed E-state index contributed by atoms with van der Waals surface area (Å²) in [5.41, 5.74) is 8.67. The monoisotopic (exact) mass is 349 g/mol. The molecule has 134 valence electrons. The normalized spacial score (nSPS) is 17.0. The van der Waals surface area contributed by atoms with Crippen LogP contribution in [0, 0.1) is 0 Å². The second-order valence-corrected chi connectivity index (χ2v) is 6.93. The summed E-state index contributed by atoms with van der Waals surface area (Å²) in [6.45, 7) is 1.19. The first-order chi connectivity index (χ1) is 12.7. The van der Waals surface area contributed by atoms with Gasteiger partial charge in [-0.15, -0.1) is 5.10 Å². The van der Waals surface area contributed by atoms with E-state index in [9.17, 15) is 4.79 Å². The van der Waals surface area contributed by atoms with E-state index < -0.39 is 0 Å². The van der Waals surface area contributed by atoms with Crippen LogP contribution in [0.2, 0.25) is 0 Å². The Labute approximate surface area is 153 Å². The minimum atomic E-state index is 0.0373. The highest BCUT2D eigenvalue weighted by Gasteiger charge is 2.25. The molecule has 0 saturated carbocycles. The van der Waals surface area contributed by atoms with Crippen LogP contribution in [-0.4, -0.2) is 27.5 Å². The zero-order chi connectivity index (χ0) is 17.9. The summed E-state index contributed by atoms with van der Waals surface area (Å²) in [4.78, 5) is 14.2. The molecule has 6 nitrogen and oxygen atoms in total. The first-order valence-corrected chi connectivity index (χ1v) is 9.11. The maximum absolute atomic E-state index is 12.4. The molecule has 2 aliphatic carbocycles. The number of anilines is 1. The number of benzene rings is 1. The number of nitrogens with one attached hydrogen (secondary N) is 1. The summed E-state index contributed by atoms with van der Waals surface area (Å²) in [6.07, 6.45) is 6.47. The summed E-state index contributed by atoms with van der Waals surface area (Å²) in [7, 11) is 0. The Morgan fingerprint density at radius 2 is 1.85 bits per heavy atom. The van der Waals surface area contributed by atoms with Gasteiger partial charge >= 0.3 is 0 Å². The van der Waals surface area contributed by atoms with Gasteiger partial charge in [-0.3, -0.25) is 4.79 Å². The standard InChI is InChI=1S/C14H15N5O.C6H8/c15-16-13-8-11-9-19(7-6-12(11)17-18-13)14(20)10-4-2-1-3-5-10;1-2-5-4-6(5)3-1/h1-5,8H,6-7,9,15H2,(H,16,18);1-4H2. The van der Waals surface area contributed by atoms with Crippen LogP contribution >= 0.6 is 0 Å². The number of nitrogens with two attached hydrogens (primary N) is 1. The molecule has 0 bridgehead atoms. The molecule has 0 radical (unpaired) electrons. The summed E-state index contributed by atoms with van der Waals surface area (Å²) in [5.74, 6) is 5.88. The molecule has 2 aromatic rings. The maximum atomic E-state index is 12.4. The van der Waals surface area contributed by atoms with Gasteiger partial charge in [-0.05, 0) is 49.4 Å². The molecule has 0 fully saturated rings. The SMILES string of the molecule is C1CC2=C(C1)C2.NNc1cc2c(nn1)CCN(C(=O)c1ccccc1)C2. The van der Waals surface area contributed by atoms with Crippen molar-refractivity contribution < 1.29 is 4.79 Å². The minimum Gasteiger partial charge on any atom is -0.334 e. The van der Waals surface area contributed by atoms with Crippen LogP contribution in [-0.2, 0) is 13.0 Å². The van der Waals surface area contributed by atoms with Crippen LogP contribution in [0.4, 0.5) is 5.82 Å². The molecule has 1 aromatic carbocycles. The lowest BCUT2D eigenvalue weighted by molar-refractivity contribution is 0.0733. The van der Waals surface area contributed by atoms with Crippen LogP contribution in [0.25, 0.3) is 0 Å². The van der Waals surface area contributed by atoms with Gasteiger partial charge in [0, 0.05) is 25.1 Å². The number of hydrazine groups is 1. The summed E-state index contributed by atoms with van der Waals surface area (Å²) >= 11 is 0. The summed E-state index contributed by atoms with van der Waals surface area (Å²) in [6, 6.07) is 11.1. The average molecular weight is 349 g/mol. The Morgan fingerprint density at radius 3 is 2.46 bits per heavy atom. The largest absolute Gasteiger partial charge is 0.334 e. The fourth-order valence-electron chi connectivity index (χ4n) is 3.59. The molecule has 3 aliphatic rings. The van der Waals surface area contributed by atoms with E-state index in [-0.39, 0.29) is 5.91 Å². The Morgan fingerprint density at radius 1 is 1.08 bits per heavy atom. The Hall–Kier alpha value is -2.73. The predicted octanol–water partition coefficient (Wildman–Crippen LogP) is 2.83. The van der Waals surface area contributed by atoms with Crippen molar-refractivity contribution in [2.24, 2.45) is 5.84 Å². The summed E-state index contributed by atoms with van der Waals surface area (Å²) < 4.78 is 0. The minimum absolute atomic E-state index is 0.0373. The zero-order valence-corrected chi connectivity index (χ0v) is 14.7. The van der Waals surface area contributed by atoms with Crippen LogP contribution < -0.4 is 11.3 Å². The number of carbonyl (C=O) groups is 1. The lowest BCUT2D eigenvalue weighted by atomic mass is 10.1. The van der Waals surface area contributed by atoms with E-state index in [0.29, 0.717) is 30.9 Å². The number of aromatic nitrogens is 2. The molecule has 1 aromatic heterocycles. The topological polar surface area (TPSA) is 84.1 Å². The van der Waals surface area contributed by atoms with Gasteiger partial charge in [-0.25, -0.2) is 5.84 Å². The molecule has 6 heteroatoms. The second kappa shape index (κ2) is 7.25.